The van der Waals surface area contributed by atoms with Crippen molar-refractivity contribution < 1.29 is 4.79 Å². The van der Waals surface area contributed by atoms with E-state index in [1.807, 2.05) is 0 Å². The van der Waals surface area contributed by atoms with Gasteiger partial charge in [0.25, 0.3) is 0 Å². The average Bonchev–Trinajstić information content (AvgIpc) is 2.83. The van der Waals surface area contributed by atoms with Crippen LogP contribution in [0.15, 0.2) is 0 Å². The molecule has 17 heavy (non-hydrogen) atoms. The minimum Gasteiger partial charge on any atom is -0.353 e. The maximum absolute atomic E-state index is 12.0. The summed E-state index contributed by atoms with van der Waals surface area (Å²) in [5.74, 6) is 1.34. The zero-order chi connectivity index (χ0) is 11.4. The second kappa shape index (κ2) is 7.22. The predicted molar refractivity (Wildman–Crippen MR) is 72.4 cm³/mol. The molecule has 0 bridgehead atoms. The molecule has 0 spiro atoms. The highest BCUT2D eigenvalue weighted by molar-refractivity contribution is 5.85. The molecule has 2 fully saturated rings. The molecule has 2 N–H and O–H groups in total. The van der Waals surface area contributed by atoms with E-state index in [4.69, 9.17) is 0 Å². The fourth-order valence-electron chi connectivity index (χ4n) is 2.99. The van der Waals surface area contributed by atoms with Crippen LogP contribution < -0.4 is 10.6 Å². The van der Waals surface area contributed by atoms with Gasteiger partial charge in [-0.15, -0.1) is 12.4 Å². The van der Waals surface area contributed by atoms with E-state index in [2.05, 4.69) is 17.6 Å². The normalized spacial score (nSPS) is 32.9. The van der Waals surface area contributed by atoms with Crippen LogP contribution in [0.3, 0.4) is 0 Å². The summed E-state index contributed by atoms with van der Waals surface area (Å²) in [4.78, 5) is 12.0. The lowest BCUT2D eigenvalue weighted by atomic mass is 9.84. The lowest BCUT2D eigenvalue weighted by Crippen LogP contribution is -2.42. The second-order valence-electron chi connectivity index (χ2n) is 5.34. The number of rotatable bonds is 3. The number of amides is 1. The summed E-state index contributed by atoms with van der Waals surface area (Å²) < 4.78 is 0. The maximum atomic E-state index is 12.0. The maximum Gasteiger partial charge on any atom is 0.224 e. The van der Waals surface area contributed by atoms with Crippen molar-refractivity contribution in [2.24, 2.45) is 11.8 Å². The first kappa shape index (κ1) is 14.8. The molecule has 0 aromatic heterocycles. The van der Waals surface area contributed by atoms with Gasteiger partial charge in [0.15, 0.2) is 0 Å². The Kier molecular flexibility index (Phi) is 6.28. The van der Waals surface area contributed by atoms with Crippen LogP contribution >= 0.6 is 12.4 Å². The molecule has 2 aliphatic rings. The summed E-state index contributed by atoms with van der Waals surface area (Å²) in [5.41, 5.74) is 0. The number of nitrogens with one attached hydrogen (secondary N) is 2. The van der Waals surface area contributed by atoms with Crippen molar-refractivity contribution in [2.75, 3.05) is 13.1 Å². The van der Waals surface area contributed by atoms with E-state index in [0.29, 0.717) is 6.04 Å². The van der Waals surface area contributed by atoms with Crippen LogP contribution in [0.2, 0.25) is 0 Å². The van der Waals surface area contributed by atoms with Gasteiger partial charge in [0.2, 0.25) is 5.91 Å². The first-order chi connectivity index (χ1) is 7.79. The van der Waals surface area contributed by atoms with Gasteiger partial charge in [-0.1, -0.05) is 26.2 Å². The van der Waals surface area contributed by atoms with E-state index in [9.17, 15) is 4.79 Å². The molecule has 2 rings (SSSR count). The van der Waals surface area contributed by atoms with E-state index >= 15 is 0 Å². The number of hydrogen-bond acceptors (Lipinski definition) is 2. The SMILES string of the molecule is CCC1CCCC(NC(=O)C2CCNC2)C1.Cl. The van der Waals surface area contributed by atoms with Gasteiger partial charge in [0, 0.05) is 12.6 Å². The highest BCUT2D eigenvalue weighted by Gasteiger charge is 2.27. The molecule has 3 atom stereocenters. The fraction of sp³-hybridized carbons (Fsp3) is 0.923. The van der Waals surface area contributed by atoms with Gasteiger partial charge in [-0.3, -0.25) is 4.79 Å². The highest BCUT2D eigenvalue weighted by Crippen LogP contribution is 2.26. The molecule has 1 aliphatic heterocycles. The van der Waals surface area contributed by atoms with Crippen molar-refractivity contribution in [1.82, 2.24) is 10.6 Å². The van der Waals surface area contributed by atoms with Crippen LogP contribution in [0.5, 0.6) is 0 Å². The first-order valence-electron chi connectivity index (χ1n) is 6.80. The Balaban J connectivity index is 0.00000144. The molecule has 1 saturated heterocycles. The summed E-state index contributed by atoms with van der Waals surface area (Å²) in [7, 11) is 0. The summed E-state index contributed by atoms with van der Waals surface area (Å²) in [5, 5.41) is 6.50. The number of carbonyl (C=O) groups is 1. The van der Waals surface area contributed by atoms with Crippen molar-refractivity contribution >= 4 is 18.3 Å². The molecule has 1 aliphatic carbocycles. The quantitative estimate of drug-likeness (QED) is 0.816. The zero-order valence-corrected chi connectivity index (χ0v) is 11.5. The van der Waals surface area contributed by atoms with Gasteiger partial charge in [-0.2, -0.15) is 0 Å². The molecule has 0 aromatic carbocycles. The molecular formula is C13H25ClN2O. The molecule has 4 heteroatoms. The third-order valence-electron chi connectivity index (χ3n) is 4.14. The van der Waals surface area contributed by atoms with Crippen LogP contribution in [-0.4, -0.2) is 25.0 Å². The first-order valence-corrected chi connectivity index (χ1v) is 6.80. The van der Waals surface area contributed by atoms with Gasteiger partial charge in [0.05, 0.1) is 5.92 Å². The van der Waals surface area contributed by atoms with E-state index < -0.39 is 0 Å². The number of hydrogen-bond donors (Lipinski definition) is 2. The minimum atomic E-state index is 0. The largest absolute Gasteiger partial charge is 0.353 e. The Morgan fingerprint density at radius 3 is 2.82 bits per heavy atom. The molecule has 100 valence electrons. The standard InChI is InChI=1S/C13H24N2O.ClH/c1-2-10-4-3-5-12(8-10)15-13(16)11-6-7-14-9-11;/h10-12,14H,2-9H2,1H3,(H,15,16);1H. The number of carbonyl (C=O) groups excluding carboxylic acids is 1. The Hall–Kier alpha value is -0.280. The third-order valence-corrected chi connectivity index (χ3v) is 4.14. The fourth-order valence-corrected chi connectivity index (χ4v) is 2.99. The summed E-state index contributed by atoms with van der Waals surface area (Å²) >= 11 is 0. The van der Waals surface area contributed by atoms with E-state index in [1.54, 1.807) is 0 Å². The van der Waals surface area contributed by atoms with Crippen LogP contribution in [0.25, 0.3) is 0 Å². The topological polar surface area (TPSA) is 41.1 Å². The van der Waals surface area contributed by atoms with Crippen molar-refractivity contribution in [1.29, 1.82) is 0 Å². The van der Waals surface area contributed by atoms with Gasteiger partial charge in [0.1, 0.15) is 0 Å². The summed E-state index contributed by atoms with van der Waals surface area (Å²) in [6, 6.07) is 0.451. The molecular weight excluding hydrogens is 236 g/mol. The monoisotopic (exact) mass is 260 g/mol. The van der Waals surface area contributed by atoms with Gasteiger partial charge < -0.3 is 10.6 Å². The zero-order valence-electron chi connectivity index (χ0n) is 10.7. The lowest BCUT2D eigenvalue weighted by molar-refractivity contribution is -0.125. The molecule has 1 saturated carbocycles. The van der Waals surface area contributed by atoms with Gasteiger partial charge >= 0.3 is 0 Å². The van der Waals surface area contributed by atoms with Crippen molar-refractivity contribution in [3.8, 4) is 0 Å². The molecule has 1 amide bonds. The Labute approximate surface area is 111 Å². The number of halogens is 1. The Morgan fingerprint density at radius 2 is 2.18 bits per heavy atom. The van der Waals surface area contributed by atoms with Crippen LogP contribution in [-0.2, 0) is 4.79 Å². The molecule has 3 nitrogen and oxygen atoms in total. The molecule has 1 heterocycles. The molecule has 0 aromatic rings. The lowest BCUT2D eigenvalue weighted by Gasteiger charge is -2.29. The second-order valence-corrected chi connectivity index (χ2v) is 5.34. The highest BCUT2D eigenvalue weighted by atomic mass is 35.5. The smallest absolute Gasteiger partial charge is 0.224 e. The van der Waals surface area contributed by atoms with Crippen molar-refractivity contribution in [3.63, 3.8) is 0 Å². The van der Waals surface area contributed by atoms with E-state index in [1.165, 1.54) is 32.1 Å². The van der Waals surface area contributed by atoms with Crippen LogP contribution in [0, 0.1) is 11.8 Å². The molecule has 3 unspecified atom stereocenters. The third kappa shape index (κ3) is 4.14. The Bertz CT molecular complexity index is 242. The van der Waals surface area contributed by atoms with Crippen molar-refractivity contribution in [3.05, 3.63) is 0 Å². The van der Waals surface area contributed by atoms with Gasteiger partial charge in [-0.05, 0) is 31.7 Å². The van der Waals surface area contributed by atoms with Crippen LogP contribution in [0.1, 0.15) is 45.4 Å². The molecule has 0 radical (unpaired) electrons. The predicted octanol–water partition coefficient (Wildman–Crippen LogP) is 2.10. The average molecular weight is 261 g/mol. The summed E-state index contributed by atoms with van der Waals surface area (Å²) in [6.45, 7) is 4.13. The van der Waals surface area contributed by atoms with E-state index in [-0.39, 0.29) is 24.2 Å². The van der Waals surface area contributed by atoms with Crippen molar-refractivity contribution in [2.45, 2.75) is 51.5 Å². The van der Waals surface area contributed by atoms with Crippen LogP contribution in [0.4, 0.5) is 0 Å². The van der Waals surface area contributed by atoms with Gasteiger partial charge in [-0.25, -0.2) is 0 Å². The summed E-state index contributed by atoms with van der Waals surface area (Å²) in [6.07, 6.45) is 7.29. The van der Waals surface area contributed by atoms with E-state index in [0.717, 1.165) is 25.4 Å². The Morgan fingerprint density at radius 1 is 1.35 bits per heavy atom. The minimum absolute atomic E-state index is 0.